The van der Waals surface area contributed by atoms with Crippen molar-refractivity contribution in [3.05, 3.63) is 88.1 Å². The molecule has 68 heavy (non-hydrogen) atoms. The molecule has 3 heterocycles. The summed E-state index contributed by atoms with van der Waals surface area (Å²) < 4.78 is 22.2. The van der Waals surface area contributed by atoms with Crippen molar-refractivity contribution in [2.24, 2.45) is 0 Å². The molecule has 0 aliphatic carbocycles. The number of methoxy groups -OCH3 is 3. The van der Waals surface area contributed by atoms with Crippen LogP contribution in [-0.2, 0) is 30.7 Å². The average Bonchev–Trinajstić information content (AvgIpc) is 3.73. The highest BCUT2D eigenvalue weighted by Gasteiger charge is 2.35. The van der Waals surface area contributed by atoms with Crippen LogP contribution in [0.4, 0.5) is 0 Å². The predicted octanol–water partition coefficient (Wildman–Crippen LogP) is 5.89. The second kappa shape index (κ2) is 27.5. The Hall–Kier alpha value is -10.6. The number of ether oxygens (including phenoxy) is 4. The molecule has 0 saturated carbocycles. The molecule has 0 spiro atoms. The molecule has 0 amide bonds. The van der Waals surface area contributed by atoms with E-state index in [1.807, 2.05) is 18.2 Å². The lowest BCUT2D eigenvalue weighted by Crippen LogP contribution is -2.39. The summed E-state index contributed by atoms with van der Waals surface area (Å²) in [6.45, 7) is 3.96. The summed E-state index contributed by atoms with van der Waals surface area (Å²) in [6, 6.07) is 18.1. The fourth-order valence-electron chi connectivity index (χ4n) is 6.53. The number of hydrogen-bond donors (Lipinski definition) is 1. The van der Waals surface area contributed by atoms with E-state index >= 15 is 0 Å². The highest BCUT2D eigenvalue weighted by atomic mass is 16.5. The molecule has 1 atom stereocenters. The van der Waals surface area contributed by atoms with Crippen LogP contribution in [0.5, 0.6) is 17.2 Å². The Bertz CT molecular complexity index is 3620. The largest absolute Gasteiger partial charge is 0.497 e. The number of carbonyl (C=O) groups is 1. The zero-order valence-electron chi connectivity index (χ0n) is 37.4. The third-order valence-electron chi connectivity index (χ3n) is 9.45. The molecule has 7 nitrogen and oxygen atoms in total. The maximum Gasteiger partial charge on any atom is 0.337 e. The summed E-state index contributed by atoms with van der Waals surface area (Å²) in [5, 5.41) is 1.24. The molecule has 1 N–H and O–H groups in total. The van der Waals surface area contributed by atoms with Gasteiger partial charge in [0.15, 0.2) is 11.5 Å². The van der Waals surface area contributed by atoms with Crippen molar-refractivity contribution in [3.8, 4) is 195 Å². The number of nitrogens with zero attached hydrogens (tertiary/aromatic N) is 1. The number of carbonyl (C=O) groups excluding carboxylic acids is 1. The first-order valence-corrected chi connectivity index (χ1v) is 20.3. The van der Waals surface area contributed by atoms with Gasteiger partial charge < -0.3 is 23.9 Å². The van der Waals surface area contributed by atoms with E-state index in [4.69, 9.17) is 25.4 Å². The van der Waals surface area contributed by atoms with Crippen LogP contribution >= 0.6 is 0 Å². The molecule has 3 aromatic carbocycles. The second-order valence-electron chi connectivity index (χ2n) is 13.4. The van der Waals surface area contributed by atoms with Crippen molar-refractivity contribution < 1.29 is 23.7 Å². The Morgan fingerprint density at radius 2 is 1.18 bits per heavy atom. The molecule has 0 saturated heterocycles. The van der Waals surface area contributed by atoms with E-state index in [1.54, 1.807) is 33.3 Å². The van der Waals surface area contributed by atoms with Crippen LogP contribution in [-0.4, -0.2) is 43.7 Å². The standard InChI is InChI=1S/C31H4.C30H30N2O5/c1-3-5-7-9-11-13-15-17-19-21-23-25-27-29-31-30-28-26-24-22-20-18-16-14-12-10-8-6-4-2;1-34-21-8-9-25-23(13-21)24-14-27-22-15-29(37-17-18-4-6-19(7-5-18)30(33)36-3)28(35-2)12-20(22)10-11-32(27)16-26(24)31-25/h1H,2H3;4-9,12-13,15,27,31H,10-11,14,16-17H2,1-3H3. The minimum absolute atomic E-state index is 0.272. The van der Waals surface area contributed by atoms with Gasteiger partial charge in [-0.15, -0.1) is 6.42 Å². The van der Waals surface area contributed by atoms with Gasteiger partial charge in [0, 0.05) is 107 Å². The van der Waals surface area contributed by atoms with Crippen LogP contribution < -0.4 is 14.2 Å². The van der Waals surface area contributed by atoms with Crippen LogP contribution in [0.1, 0.15) is 51.3 Å². The maximum atomic E-state index is 11.7. The number of nitrogens with one attached hydrogen (secondary N) is 1. The Kier molecular flexibility index (Phi) is 19.6. The molecule has 0 bridgehead atoms. The predicted molar refractivity (Wildman–Crippen MR) is 264 cm³/mol. The van der Waals surface area contributed by atoms with Gasteiger partial charge in [-0.1, -0.05) is 18.1 Å². The molecule has 7 heteroatoms. The molecule has 1 aromatic heterocycles. The molecule has 2 aliphatic rings. The van der Waals surface area contributed by atoms with Crippen LogP contribution in [0, 0.1) is 178 Å². The number of esters is 1. The average molecular weight is 875 g/mol. The van der Waals surface area contributed by atoms with Gasteiger partial charge in [0.1, 0.15) is 12.4 Å². The lowest BCUT2D eigenvalue weighted by Gasteiger charge is -2.40. The van der Waals surface area contributed by atoms with E-state index in [9.17, 15) is 4.79 Å². The number of aromatic amines is 1. The summed E-state index contributed by atoms with van der Waals surface area (Å²) in [7, 11) is 4.77. The summed E-state index contributed by atoms with van der Waals surface area (Å²) in [4.78, 5) is 17.9. The number of benzene rings is 3. The number of hydrogen-bond acceptors (Lipinski definition) is 6. The van der Waals surface area contributed by atoms with Gasteiger partial charge in [-0.05, 0) is 179 Å². The smallest absolute Gasteiger partial charge is 0.337 e. The minimum atomic E-state index is -0.349. The maximum absolute atomic E-state index is 11.7. The van der Waals surface area contributed by atoms with Crippen LogP contribution in [0.15, 0.2) is 54.6 Å². The van der Waals surface area contributed by atoms with E-state index in [0.29, 0.717) is 12.2 Å². The van der Waals surface area contributed by atoms with Crippen molar-refractivity contribution in [1.82, 2.24) is 9.88 Å². The SMILES string of the molecule is C#CC#CC#CC#CC#CC#CC#CC#CC#CC#CC#CC#CC#CC#CC#CC.COC(=O)c1ccc(COc2cc3c(cc2OC)CCN2Cc4[nH]c5ccc(OC)cc5c4CC32)cc1. The Morgan fingerprint density at radius 1 is 0.647 bits per heavy atom. The number of terminal acetylenes is 1. The van der Waals surface area contributed by atoms with Crippen molar-refractivity contribution in [3.63, 3.8) is 0 Å². The fourth-order valence-corrected chi connectivity index (χ4v) is 6.53. The van der Waals surface area contributed by atoms with E-state index in [1.165, 1.54) is 34.9 Å². The Labute approximate surface area is 399 Å². The summed E-state index contributed by atoms with van der Waals surface area (Å²) in [6.07, 6.45) is 6.82. The number of fused-ring (bicyclic) bond motifs is 6. The molecule has 4 aromatic rings. The molecular weight excluding hydrogens is 841 g/mol. The molecule has 2 aliphatic heterocycles. The first-order valence-electron chi connectivity index (χ1n) is 20.3. The van der Waals surface area contributed by atoms with Crippen molar-refractivity contribution >= 4 is 16.9 Å². The van der Waals surface area contributed by atoms with Gasteiger partial charge in [0.25, 0.3) is 0 Å². The summed E-state index contributed by atoms with van der Waals surface area (Å²) >= 11 is 0. The quantitative estimate of drug-likeness (QED) is 0.193. The van der Waals surface area contributed by atoms with E-state index in [2.05, 4.69) is 206 Å². The first-order chi connectivity index (χ1) is 33.5. The van der Waals surface area contributed by atoms with Crippen LogP contribution in [0.25, 0.3) is 10.9 Å². The summed E-state index contributed by atoms with van der Waals surface area (Å²) in [5.41, 5.74) is 7.91. The highest BCUT2D eigenvalue weighted by Crippen LogP contribution is 2.44. The number of rotatable bonds is 6. The van der Waals surface area contributed by atoms with Gasteiger partial charge >= 0.3 is 5.97 Å². The third-order valence-corrected chi connectivity index (χ3v) is 9.45. The van der Waals surface area contributed by atoms with Crippen molar-refractivity contribution in [2.75, 3.05) is 27.9 Å². The van der Waals surface area contributed by atoms with Gasteiger partial charge in [-0.3, -0.25) is 4.90 Å². The van der Waals surface area contributed by atoms with Gasteiger partial charge in [0.2, 0.25) is 0 Å². The number of aromatic nitrogens is 1. The number of H-pyrrole nitrogens is 1. The van der Waals surface area contributed by atoms with Crippen molar-refractivity contribution in [2.45, 2.75) is 39.0 Å². The Morgan fingerprint density at radius 3 is 1.66 bits per heavy atom. The second-order valence-corrected chi connectivity index (χ2v) is 13.4. The normalized spacial score (nSPS) is 10.7. The zero-order valence-corrected chi connectivity index (χ0v) is 37.4. The third kappa shape index (κ3) is 15.1. The monoisotopic (exact) mass is 874 g/mol. The lowest BCUT2D eigenvalue weighted by atomic mass is 9.85. The Balaban J connectivity index is 0.000000260. The minimum Gasteiger partial charge on any atom is -0.497 e. The van der Waals surface area contributed by atoms with Gasteiger partial charge in [-0.25, -0.2) is 4.79 Å². The van der Waals surface area contributed by atoms with E-state index < -0.39 is 0 Å². The zero-order chi connectivity index (χ0) is 48.0. The summed E-state index contributed by atoms with van der Waals surface area (Å²) in [5.74, 6) is 73.9. The van der Waals surface area contributed by atoms with E-state index in [-0.39, 0.29) is 12.0 Å². The first kappa shape index (κ1) is 48.5. The molecular formula is C61H34N2O5. The molecule has 318 valence electrons. The molecule has 0 fully saturated rings. The van der Waals surface area contributed by atoms with Crippen molar-refractivity contribution in [1.29, 1.82) is 0 Å². The van der Waals surface area contributed by atoms with Crippen LogP contribution in [0.2, 0.25) is 0 Å². The van der Waals surface area contributed by atoms with E-state index in [0.717, 1.165) is 54.3 Å². The van der Waals surface area contributed by atoms with Gasteiger partial charge in [-0.2, -0.15) is 0 Å². The molecule has 1 unspecified atom stereocenters. The fraction of sp³-hybridized carbons (Fsp3) is 0.164. The highest BCUT2D eigenvalue weighted by molar-refractivity contribution is 5.89. The topological polar surface area (TPSA) is 73.0 Å². The van der Waals surface area contributed by atoms with Crippen LogP contribution in [0.3, 0.4) is 0 Å². The molecule has 6 rings (SSSR count). The lowest BCUT2D eigenvalue weighted by molar-refractivity contribution is 0.0600. The van der Waals surface area contributed by atoms with Gasteiger partial charge in [0.05, 0.1) is 26.9 Å². The molecule has 0 radical (unpaired) electrons.